The van der Waals surface area contributed by atoms with Gasteiger partial charge in [0, 0.05) is 19.1 Å². The molecule has 1 saturated carbocycles. The van der Waals surface area contributed by atoms with E-state index in [1.165, 1.54) is 17.0 Å². The second kappa shape index (κ2) is 9.30. The monoisotopic (exact) mass is 417 g/mol. The van der Waals surface area contributed by atoms with Crippen LogP contribution in [0.15, 0.2) is 24.3 Å². The third-order valence-electron chi connectivity index (χ3n) is 4.67. The van der Waals surface area contributed by atoms with Crippen LogP contribution in [-0.2, 0) is 6.54 Å². The molecule has 10 heteroatoms. The van der Waals surface area contributed by atoms with Gasteiger partial charge >= 0.3 is 18.7 Å². The number of ether oxygens (including phenoxy) is 1. The zero-order chi connectivity index (χ0) is 20.9. The molecular weight excluding hydrogens is 395 g/mol. The molecule has 0 heterocycles. The van der Waals surface area contributed by atoms with Gasteiger partial charge < -0.3 is 9.84 Å². The molecule has 1 N–H and O–H groups in total. The highest BCUT2D eigenvalue weighted by Gasteiger charge is 2.44. The predicted molar refractivity (Wildman–Crippen MR) is 87.4 cm³/mol. The van der Waals surface area contributed by atoms with E-state index in [-0.39, 0.29) is 12.6 Å². The molecule has 0 spiro atoms. The van der Waals surface area contributed by atoms with Gasteiger partial charge in [-0.25, -0.2) is 0 Å². The van der Waals surface area contributed by atoms with Gasteiger partial charge in [0.05, 0.1) is 0 Å². The largest absolute Gasteiger partial charge is 0.461 e. The van der Waals surface area contributed by atoms with Crippen LogP contribution in [0.3, 0.4) is 0 Å². The molecule has 1 aliphatic carbocycles. The van der Waals surface area contributed by atoms with E-state index in [1.54, 1.807) is 0 Å². The SMILES string of the molecule is OC(CN(Cc1cccc(OC(F)(F)C(F)F)c1)C1CCCCC1)C(F)(F)F. The lowest BCUT2D eigenvalue weighted by Crippen LogP contribution is -2.45. The highest BCUT2D eigenvalue weighted by Crippen LogP contribution is 2.30. The summed E-state index contributed by atoms with van der Waals surface area (Å²) < 4.78 is 93.1. The molecule has 0 aromatic heterocycles. The topological polar surface area (TPSA) is 32.7 Å². The number of alkyl halides is 7. The highest BCUT2D eigenvalue weighted by molar-refractivity contribution is 5.29. The third kappa shape index (κ3) is 6.51. The van der Waals surface area contributed by atoms with Crippen molar-refractivity contribution in [1.82, 2.24) is 4.90 Å². The van der Waals surface area contributed by atoms with Crippen molar-refractivity contribution in [2.24, 2.45) is 0 Å². The maximum absolute atomic E-state index is 13.1. The predicted octanol–water partition coefficient (Wildman–Crippen LogP) is 4.98. The Morgan fingerprint density at radius 3 is 2.29 bits per heavy atom. The van der Waals surface area contributed by atoms with Crippen molar-refractivity contribution in [3.05, 3.63) is 29.8 Å². The summed E-state index contributed by atoms with van der Waals surface area (Å²) in [6.07, 6.45) is -12.0. The molecule has 1 aromatic rings. The number of rotatable bonds is 8. The van der Waals surface area contributed by atoms with Crippen molar-refractivity contribution < 1.29 is 40.6 Å². The molecule has 2 rings (SSSR count). The smallest absolute Gasteiger partial charge is 0.428 e. The Balaban J connectivity index is 2.15. The molecule has 1 aromatic carbocycles. The second-order valence-electron chi connectivity index (χ2n) is 6.89. The Morgan fingerprint density at radius 2 is 1.71 bits per heavy atom. The summed E-state index contributed by atoms with van der Waals surface area (Å²) in [5.41, 5.74) is 0.322. The van der Waals surface area contributed by atoms with E-state index in [9.17, 15) is 35.8 Å². The van der Waals surface area contributed by atoms with Crippen molar-refractivity contribution in [3.8, 4) is 5.75 Å². The maximum atomic E-state index is 13.1. The van der Waals surface area contributed by atoms with Gasteiger partial charge in [0.2, 0.25) is 0 Å². The zero-order valence-corrected chi connectivity index (χ0v) is 14.9. The highest BCUT2D eigenvalue weighted by atomic mass is 19.4. The van der Waals surface area contributed by atoms with Gasteiger partial charge in [-0.1, -0.05) is 31.4 Å². The third-order valence-corrected chi connectivity index (χ3v) is 4.67. The summed E-state index contributed by atoms with van der Waals surface area (Å²) in [7, 11) is 0. The number of hydrogen-bond acceptors (Lipinski definition) is 3. The lowest BCUT2D eigenvalue weighted by Gasteiger charge is -2.36. The molecule has 160 valence electrons. The summed E-state index contributed by atoms with van der Waals surface area (Å²) in [5.74, 6) is -0.511. The van der Waals surface area contributed by atoms with Crippen molar-refractivity contribution in [2.45, 2.75) is 69.5 Å². The van der Waals surface area contributed by atoms with Crippen LogP contribution in [0.2, 0.25) is 0 Å². The Hall–Kier alpha value is -1.55. The van der Waals surface area contributed by atoms with Crippen LogP contribution in [0.25, 0.3) is 0 Å². The van der Waals surface area contributed by atoms with Crippen LogP contribution in [0.5, 0.6) is 5.75 Å². The van der Waals surface area contributed by atoms with Crippen LogP contribution in [0, 0.1) is 0 Å². The first-order chi connectivity index (χ1) is 13.0. The Kier molecular flexibility index (Phi) is 7.55. The van der Waals surface area contributed by atoms with Crippen molar-refractivity contribution in [1.29, 1.82) is 0 Å². The molecule has 0 bridgehead atoms. The number of hydrogen-bond donors (Lipinski definition) is 1. The Bertz CT molecular complexity index is 618. The first kappa shape index (κ1) is 22.7. The van der Waals surface area contributed by atoms with Crippen molar-refractivity contribution in [2.75, 3.05) is 6.54 Å². The van der Waals surface area contributed by atoms with Gasteiger partial charge in [-0.2, -0.15) is 30.7 Å². The van der Waals surface area contributed by atoms with Crippen LogP contribution >= 0.6 is 0 Å². The van der Waals surface area contributed by atoms with Crippen LogP contribution < -0.4 is 4.74 Å². The van der Waals surface area contributed by atoms with E-state index in [2.05, 4.69) is 4.74 Å². The van der Waals surface area contributed by atoms with E-state index in [4.69, 9.17) is 0 Å². The molecule has 28 heavy (non-hydrogen) atoms. The first-order valence-corrected chi connectivity index (χ1v) is 8.92. The maximum Gasteiger partial charge on any atom is 0.461 e. The number of benzene rings is 1. The molecule has 0 radical (unpaired) electrons. The first-order valence-electron chi connectivity index (χ1n) is 8.92. The summed E-state index contributed by atoms with van der Waals surface area (Å²) in [4.78, 5) is 1.46. The average Bonchev–Trinajstić information content (AvgIpc) is 2.61. The Morgan fingerprint density at radius 1 is 1.07 bits per heavy atom. The molecule has 1 unspecified atom stereocenters. The van der Waals surface area contributed by atoms with Crippen molar-refractivity contribution >= 4 is 0 Å². The Labute approximate surface area is 158 Å². The second-order valence-corrected chi connectivity index (χ2v) is 6.89. The number of aliphatic hydroxyl groups is 1. The van der Waals surface area contributed by atoms with E-state index in [0.717, 1.165) is 31.4 Å². The summed E-state index contributed by atoms with van der Waals surface area (Å²) in [5, 5.41) is 9.46. The lowest BCUT2D eigenvalue weighted by atomic mass is 9.93. The fraction of sp³-hybridized carbons (Fsp3) is 0.667. The van der Waals surface area contributed by atoms with E-state index >= 15 is 0 Å². The van der Waals surface area contributed by atoms with Gasteiger partial charge in [-0.15, -0.1) is 0 Å². The molecular formula is C18H22F7NO2. The summed E-state index contributed by atoms with van der Waals surface area (Å²) in [6.45, 7) is -0.721. The number of aliphatic hydroxyl groups excluding tert-OH is 1. The quantitative estimate of drug-likeness (QED) is 0.606. The van der Waals surface area contributed by atoms with Gasteiger partial charge in [-0.3, -0.25) is 4.90 Å². The lowest BCUT2D eigenvalue weighted by molar-refractivity contribution is -0.253. The minimum absolute atomic E-state index is 0.0603. The van der Waals surface area contributed by atoms with Crippen molar-refractivity contribution in [3.63, 3.8) is 0 Å². The minimum atomic E-state index is -4.78. The molecule has 1 atom stereocenters. The average molecular weight is 417 g/mol. The molecule has 3 nitrogen and oxygen atoms in total. The normalized spacial score (nSPS) is 17.9. The van der Waals surface area contributed by atoms with Crippen LogP contribution in [0.4, 0.5) is 30.7 Å². The van der Waals surface area contributed by atoms with Crippen LogP contribution in [-0.4, -0.2) is 47.4 Å². The van der Waals surface area contributed by atoms with Gasteiger partial charge in [0.15, 0.2) is 6.10 Å². The fourth-order valence-corrected chi connectivity index (χ4v) is 3.26. The molecule has 1 aliphatic rings. The molecule has 0 amide bonds. The van der Waals surface area contributed by atoms with E-state index < -0.39 is 37.1 Å². The molecule has 1 fully saturated rings. The van der Waals surface area contributed by atoms with E-state index in [1.807, 2.05) is 0 Å². The standard InChI is InChI=1S/C18H22F7NO2/c19-16(20)18(24,25)28-14-8-4-5-12(9-14)10-26(11-15(27)17(21,22)23)13-6-2-1-3-7-13/h4-5,8-9,13,15-16,27H,1-3,6-7,10-11H2. The van der Waals surface area contributed by atoms with Gasteiger partial charge in [-0.05, 0) is 30.5 Å². The van der Waals surface area contributed by atoms with Gasteiger partial charge in [0.1, 0.15) is 5.75 Å². The van der Waals surface area contributed by atoms with Crippen LogP contribution in [0.1, 0.15) is 37.7 Å². The number of halogens is 7. The fourth-order valence-electron chi connectivity index (χ4n) is 3.26. The summed E-state index contributed by atoms with van der Waals surface area (Å²) in [6, 6.07) is 4.73. The molecule has 0 aliphatic heterocycles. The number of nitrogens with zero attached hydrogens (tertiary/aromatic N) is 1. The summed E-state index contributed by atoms with van der Waals surface area (Å²) >= 11 is 0. The van der Waals surface area contributed by atoms with E-state index in [0.29, 0.717) is 18.4 Å². The van der Waals surface area contributed by atoms with Gasteiger partial charge in [0.25, 0.3) is 0 Å². The minimum Gasteiger partial charge on any atom is -0.428 e. The zero-order valence-electron chi connectivity index (χ0n) is 14.9. The molecule has 0 saturated heterocycles.